The molecule has 2 N–H and O–H groups in total. The van der Waals surface area contributed by atoms with Crippen LogP contribution >= 0.6 is 23.2 Å². The number of methoxy groups -OCH3 is 1. The van der Waals surface area contributed by atoms with Gasteiger partial charge in [0.25, 0.3) is 5.91 Å². The van der Waals surface area contributed by atoms with Crippen LogP contribution < -0.4 is 20.1 Å². The fourth-order valence-corrected chi connectivity index (χ4v) is 3.60. The molecular formula is C22H24Cl2N2O4. The SMILES string of the molecule is COc1ccc(NC(C)=O)cc1NC(=O)C(C)(C)Oc1ccc(C2CC2(Cl)Cl)cc1. The molecule has 0 saturated heterocycles. The second-order valence-corrected chi connectivity index (χ2v) is 9.29. The van der Waals surface area contributed by atoms with E-state index in [1.54, 1.807) is 44.2 Å². The number of rotatable bonds is 7. The molecule has 0 aliphatic heterocycles. The summed E-state index contributed by atoms with van der Waals surface area (Å²) < 4.78 is 10.5. The van der Waals surface area contributed by atoms with Crippen LogP contribution in [-0.4, -0.2) is 28.9 Å². The van der Waals surface area contributed by atoms with E-state index < -0.39 is 9.93 Å². The third kappa shape index (κ3) is 5.18. The minimum Gasteiger partial charge on any atom is -0.495 e. The van der Waals surface area contributed by atoms with Crippen LogP contribution in [0, 0.1) is 0 Å². The third-order valence-corrected chi connectivity index (χ3v) is 5.63. The first-order chi connectivity index (χ1) is 14.0. The number of amides is 2. The highest BCUT2D eigenvalue weighted by atomic mass is 35.5. The van der Waals surface area contributed by atoms with Crippen molar-refractivity contribution < 1.29 is 19.1 Å². The Morgan fingerprint density at radius 3 is 2.27 bits per heavy atom. The van der Waals surface area contributed by atoms with Crippen molar-refractivity contribution >= 4 is 46.4 Å². The molecule has 1 atom stereocenters. The van der Waals surface area contributed by atoms with Gasteiger partial charge in [0.05, 0.1) is 12.8 Å². The van der Waals surface area contributed by atoms with Crippen LogP contribution in [0.4, 0.5) is 11.4 Å². The monoisotopic (exact) mass is 450 g/mol. The Morgan fingerprint density at radius 1 is 1.10 bits per heavy atom. The summed E-state index contributed by atoms with van der Waals surface area (Å²) in [5.74, 6) is 0.555. The number of benzene rings is 2. The van der Waals surface area contributed by atoms with E-state index in [0.29, 0.717) is 22.9 Å². The van der Waals surface area contributed by atoms with Crippen LogP contribution in [0.15, 0.2) is 42.5 Å². The third-order valence-electron chi connectivity index (χ3n) is 4.80. The number of ether oxygens (including phenoxy) is 2. The number of alkyl halides is 2. The maximum atomic E-state index is 12.9. The van der Waals surface area contributed by atoms with Gasteiger partial charge in [-0.2, -0.15) is 0 Å². The van der Waals surface area contributed by atoms with Gasteiger partial charge >= 0.3 is 0 Å². The quantitative estimate of drug-likeness (QED) is 0.574. The minimum absolute atomic E-state index is 0.120. The molecule has 160 valence electrons. The number of hydrogen-bond acceptors (Lipinski definition) is 4. The lowest BCUT2D eigenvalue weighted by atomic mass is 10.1. The van der Waals surface area contributed by atoms with Gasteiger partial charge in [0.15, 0.2) is 5.60 Å². The van der Waals surface area contributed by atoms with E-state index in [4.69, 9.17) is 32.7 Å². The van der Waals surface area contributed by atoms with Gasteiger partial charge in [-0.05, 0) is 56.2 Å². The van der Waals surface area contributed by atoms with Crippen molar-refractivity contribution in [3.63, 3.8) is 0 Å². The molecule has 1 aliphatic rings. The molecule has 2 aromatic carbocycles. The Balaban J connectivity index is 1.70. The van der Waals surface area contributed by atoms with Crippen LogP contribution in [0.1, 0.15) is 38.7 Å². The van der Waals surface area contributed by atoms with E-state index in [1.807, 2.05) is 12.1 Å². The molecule has 1 fully saturated rings. The number of nitrogens with one attached hydrogen (secondary N) is 2. The van der Waals surface area contributed by atoms with Crippen molar-refractivity contribution in [1.29, 1.82) is 0 Å². The summed E-state index contributed by atoms with van der Waals surface area (Å²) in [5, 5.41) is 5.49. The average Bonchev–Trinajstić information content (AvgIpc) is 3.30. The smallest absolute Gasteiger partial charge is 0.268 e. The van der Waals surface area contributed by atoms with Crippen LogP contribution in [0.5, 0.6) is 11.5 Å². The Hall–Kier alpha value is -2.44. The van der Waals surface area contributed by atoms with Crippen molar-refractivity contribution in [3.8, 4) is 11.5 Å². The van der Waals surface area contributed by atoms with Crippen molar-refractivity contribution in [1.82, 2.24) is 0 Å². The highest BCUT2D eigenvalue weighted by Gasteiger charge is 2.52. The maximum absolute atomic E-state index is 12.9. The summed E-state index contributed by atoms with van der Waals surface area (Å²) in [5.41, 5.74) is 0.839. The predicted molar refractivity (Wildman–Crippen MR) is 119 cm³/mol. The van der Waals surface area contributed by atoms with Crippen molar-refractivity contribution in [2.24, 2.45) is 0 Å². The molecule has 0 radical (unpaired) electrons. The van der Waals surface area contributed by atoms with E-state index in [1.165, 1.54) is 14.0 Å². The normalized spacial score (nSPS) is 17.1. The number of carbonyl (C=O) groups is 2. The topological polar surface area (TPSA) is 76.7 Å². The molecule has 0 heterocycles. The highest BCUT2D eigenvalue weighted by molar-refractivity contribution is 6.51. The minimum atomic E-state index is -1.17. The molecular weight excluding hydrogens is 427 g/mol. The number of anilines is 2. The van der Waals surface area contributed by atoms with E-state index in [2.05, 4.69) is 10.6 Å². The zero-order valence-corrected chi connectivity index (χ0v) is 18.7. The Kier molecular flexibility index (Phi) is 6.20. The van der Waals surface area contributed by atoms with Crippen molar-refractivity contribution in [2.75, 3.05) is 17.7 Å². The summed E-state index contributed by atoms with van der Waals surface area (Å²) in [7, 11) is 1.50. The molecule has 1 aliphatic carbocycles. The Morgan fingerprint density at radius 2 is 1.73 bits per heavy atom. The second kappa shape index (κ2) is 8.36. The number of hydrogen-bond donors (Lipinski definition) is 2. The van der Waals surface area contributed by atoms with Gasteiger partial charge in [0.1, 0.15) is 15.8 Å². The lowest BCUT2D eigenvalue weighted by Gasteiger charge is -2.26. The van der Waals surface area contributed by atoms with Crippen LogP contribution in [-0.2, 0) is 9.59 Å². The van der Waals surface area contributed by atoms with Gasteiger partial charge in [-0.1, -0.05) is 12.1 Å². The van der Waals surface area contributed by atoms with Crippen molar-refractivity contribution in [2.45, 2.75) is 43.0 Å². The molecule has 0 bridgehead atoms. The van der Waals surface area contributed by atoms with Gasteiger partial charge in [-0.3, -0.25) is 9.59 Å². The first kappa shape index (κ1) is 22.2. The average molecular weight is 451 g/mol. The van der Waals surface area contributed by atoms with E-state index in [9.17, 15) is 9.59 Å². The summed E-state index contributed by atoms with van der Waals surface area (Å²) in [6, 6.07) is 12.4. The van der Waals surface area contributed by atoms with E-state index in [0.717, 1.165) is 12.0 Å². The Labute approximate surface area is 185 Å². The molecule has 1 unspecified atom stereocenters. The van der Waals surface area contributed by atoms with Gasteiger partial charge in [0, 0.05) is 18.5 Å². The summed E-state index contributed by atoms with van der Waals surface area (Å²) in [6.45, 7) is 4.75. The van der Waals surface area contributed by atoms with E-state index >= 15 is 0 Å². The molecule has 3 rings (SSSR count). The van der Waals surface area contributed by atoms with Crippen LogP contribution in [0.25, 0.3) is 0 Å². The Bertz CT molecular complexity index is 958. The predicted octanol–water partition coefficient (Wildman–Crippen LogP) is 5.11. The van der Waals surface area contributed by atoms with Gasteiger partial charge in [0.2, 0.25) is 5.91 Å². The fraction of sp³-hybridized carbons (Fsp3) is 0.364. The van der Waals surface area contributed by atoms with E-state index in [-0.39, 0.29) is 17.7 Å². The lowest BCUT2D eigenvalue weighted by molar-refractivity contribution is -0.128. The zero-order valence-electron chi connectivity index (χ0n) is 17.2. The van der Waals surface area contributed by atoms with Gasteiger partial charge in [-0.25, -0.2) is 0 Å². The first-order valence-electron chi connectivity index (χ1n) is 9.46. The maximum Gasteiger partial charge on any atom is 0.268 e. The number of halogens is 2. The lowest BCUT2D eigenvalue weighted by Crippen LogP contribution is -2.42. The molecule has 6 nitrogen and oxygen atoms in total. The zero-order chi connectivity index (χ0) is 22.1. The largest absolute Gasteiger partial charge is 0.495 e. The van der Waals surface area contributed by atoms with Gasteiger partial charge in [-0.15, -0.1) is 23.2 Å². The van der Waals surface area contributed by atoms with Crippen molar-refractivity contribution in [3.05, 3.63) is 48.0 Å². The molecule has 8 heteroatoms. The second-order valence-electron chi connectivity index (χ2n) is 7.75. The van der Waals surface area contributed by atoms with Gasteiger partial charge < -0.3 is 20.1 Å². The molecule has 2 amide bonds. The molecule has 0 spiro atoms. The molecule has 1 saturated carbocycles. The number of carbonyl (C=O) groups excluding carboxylic acids is 2. The molecule has 2 aromatic rings. The summed E-state index contributed by atoms with van der Waals surface area (Å²) in [6.07, 6.45) is 0.726. The fourth-order valence-electron chi connectivity index (χ4n) is 3.04. The standard InChI is InChI=1S/C22H24Cl2N2O4/c1-13(27)25-15-7-10-19(29-4)18(11-15)26-20(28)21(2,3)30-16-8-5-14(6-9-16)17-12-22(17,23)24/h5-11,17H,12H2,1-4H3,(H,25,27)(H,26,28). The summed E-state index contributed by atoms with van der Waals surface area (Å²) >= 11 is 12.2. The van der Waals surface area contributed by atoms with Crippen LogP contribution in [0.2, 0.25) is 0 Å². The molecule has 0 aromatic heterocycles. The highest BCUT2D eigenvalue weighted by Crippen LogP contribution is 2.59. The summed E-state index contributed by atoms with van der Waals surface area (Å²) in [4.78, 5) is 24.2. The van der Waals surface area contributed by atoms with Crippen LogP contribution in [0.3, 0.4) is 0 Å². The molecule has 30 heavy (non-hydrogen) atoms. The first-order valence-corrected chi connectivity index (χ1v) is 10.2.